The number of benzene rings is 1. The third kappa shape index (κ3) is 2.65. The van der Waals surface area contributed by atoms with E-state index in [0.717, 1.165) is 35.2 Å². The Labute approximate surface area is 135 Å². The van der Waals surface area contributed by atoms with Gasteiger partial charge in [-0.05, 0) is 37.1 Å². The fraction of sp³-hybridized carbons (Fsp3) is 0.412. The summed E-state index contributed by atoms with van der Waals surface area (Å²) in [4.78, 5) is 18.5. The molecule has 1 atom stereocenters. The molecule has 1 aromatic heterocycles. The molecule has 122 valence electrons. The Bertz CT molecular complexity index is 760. The molecule has 1 amide bonds. The molecule has 0 radical (unpaired) electrons. The smallest absolute Gasteiger partial charge is 0.244 e. The van der Waals surface area contributed by atoms with Crippen LogP contribution < -0.4 is 14.8 Å². The van der Waals surface area contributed by atoms with Crippen LogP contribution in [0.5, 0.6) is 11.5 Å². The lowest BCUT2D eigenvalue weighted by Gasteiger charge is -2.16. The zero-order valence-corrected chi connectivity index (χ0v) is 13.8. The fourth-order valence-electron chi connectivity index (χ4n) is 3.02. The van der Waals surface area contributed by atoms with Crippen molar-refractivity contribution in [3.05, 3.63) is 23.8 Å². The molecule has 6 nitrogen and oxygen atoms in total. The van der Waals surface area contributed by atoms with Crippen LogP contribution in [0.4, 0.5) is 5.82 Å². The molecule has 1 saturated heterocycles. The van der Waals surface area contributed by atoms with Crippen LogP contribution in [0.25, 0.3) is 10.9 Å². The van der Waals surface area contributed by atoms with E-state index < -0.39 is 0 Å². The number of aryl methyl sites for hydroxylation is 1. The van der Waals surface area contributed by atoms with Crippen LogP contribution in [-0.4, -0.2) is 49.6 Å². The van der Waals surface area contributed by atoms with Crippen LogP contribution in [0.2, 0.25) is 0 Å². The Morgan fingerprint density at radius 3 is 2.57 bits per heavy atom. The van der Waals surface area contributed by atoms with Gasteiger partial charge in [0.1, 0.15) is 28.9 Å². The summed E-state index contributed by atoms with van der Waals surface area (Å²) in [6.45, 7) is 2.76. The average molecular weight is 315 g/mol. The molecule has 1 fully saturated rings. The minimum atomic E-state index is -0.221. The molecule has 0 spiro atoms. The molecule has 1 N–H and O–H groups in total. The van der Waals surface area contributed by atoms with Crippen molar-refractivity contribution in [3.63, 3.8) is 0 Å². The Hall–Kier alpha value is -2.50. The zero-order valence-electron chi connectivity index (χ0n) is 13.8. The van der Waals surface area contributed by atoms with Crippen molar-refractivity contribution in [2.24, 2.45) is 0 Å². The summed E-state index contributed by atoms with van der Waals surface area (Å²) in [5.41, 5.74) is 1.75. The summed E-state index contributed by atoms with van der Waals surface area (Å²) < 4.78 is 10.9. The lowest BCUT2D eigenvalue weighted by atomic mass is 10.1. The first-order valence-electron chi connectivity index (χ1n) is 7.59. The third-order valence-electron chi connectivity index (χ3n) is 4.27. The normalized spacial score (nSPS) is 17.7. The van der Waals surface area contributed by atoms with Gasteiger partial charge >= 0.3 is 0 Å². The molecule has 1 aromatic carbocycles. The summed E-state index contributed by atoms with van der Waals surface area (Å²) in [6, 6.07) is 5.43. The maximum Gasteiger partial charge on any atom is 0.244 e. The predicted molar refractivity (Wildman–Crippen MR) is 89.2 cm³/mol. The van der Waals surface area contributed by atoms with E-state index in [1.807, 2.05) is 32.2 Å². The van der Waals surface area contributed by atoms with E-state index in [2.05, 4.69) is 10.3 Å². The van der Waals surface area contributed by atoms with Crippen LogP contribution in [0, 0.1) is 6.92 Å². The lowest BCUT2D eigenvalue weighted by Crippen LogP contribution is -2.31. The monoisotopic (exact) mass is 315 g/mol. The number of nitrogens with zero attached hydrogens (tertiary/aromatic N) is 2. The topological polar surface area (TPSA) is 63.7 Å². The summed E-state index contributed by atoms with van der Waals surface area (Å²) in [7, 11) is 5.07. The number of hydrogen-bond donors (Lipinski definition) is 1. The molecule has 1 unspecified atom stereocenters. The number of ether oxygens (including phenoxy) is 2. The second kappa shape index (κ2) is 5.95. The fourth-order valence-corrected chi connectivity index (χ4v) is 3.02. The number of nitrogens with one attached hydrogen (secondary N) is 1. The largest absolute Gasteiger partial charge is 0.496 e. The van der Waals surface area contributed by atoms with Crippen LogP contribution in [0.15, 0.2) is 18.2 Å². The Morgan fingerprint density at radius 1 is 1.26 bits per heavy atom. The first kappa shape index (κ1) is 15.4. The maximum atomic E-state index is 12.1. The standard InChI is InChI=1S/C17H21N3O3/c1-10-9-14(18-11-7-8-20(2)17(11)21)19-16-13(23-4)6-5-12(22-3)15(10)16/h5-6,9,11H,7-8H2,1-4H3,(H,18,19). The Balaban J connectivity index is 2.05. The van der Waals surface area contributed by atoms with E-state index in [0.29, 0.717) is 11.6 Å². The third-order valence-corrected chi connectivity index (χ3v) is 4.27. The van der Waals surface area contributed by atoms with Crippen molar-refractivity contribution >= 4 is 22.6 Å². The summed E-state index contributed by atoms with van der Waals surface area (Å²) in [5, 5.41) is 4.17. The van der Waals surface area contributed by atoms with E-state index in [1.165, 1.54) is 0 Å². The zero-order chi connectivity index (χ0) is 16.6. The van der Waals surface area contributed by atoms with Gasteiger partial charge in [-0.15, -0.1) is 0 Å². The number of methoxy groups -OCH3 is 2. The molecule has 6 heteroatoms. The van der Waals surface area contributed by atoms with Crippen molar-refractivity contribution in [1.82, 2.24) is 9.88 Å². The predicted octanol–water partition coefficient (Wildman–Crippen LogP) is 2.20. The highest BCUT2D eigenvalue weighted by molar-refractivity contribution is 5.94. The molecule has 3 rings (SSSR count). The SMILES string of the molecule is COc1ccc(OC)c2c(C)cc(NC3CCN(C)C3=O)nc12. The van der Waals surface area contributed by atoms with Gasteiger partial charge < -0.3 is 19.7 Å². The summed E-state index contributed by atoms with van der Waals surface area (Å²) >= 11 is 0. The van der Waals surface area contributed by atoms with Crippen molar-refractivity contribution in [1.29, 1.82) is 0 Å². The minimum absolute atomic E-state index is 0.0992. The van der Waals surface area contributed by atoms with E-state index in [1.54, 1.807) is 19.1 Å². The minimum Gasteiger partial charge on any atom is -0.496 e. The van der Waals surface area contributed by atoms with E-state index >= 15 is 0 Å². The second-order valence-corrected chi connectivity index (χ2v) is 5.76. The van der Waals surface area contributed by atoms with Gasteiger partial charge in [0.15, 0.2) is 0 Å². The first-order valence-corrected chi connectivity index (χ1v) is 7.59. The van der Waals surface area contributed by atoms with Gasteiger partial charge in [-0.25, -0.2) is 4.98 Å². The van der Waals surface area contributed by atoms with E-state index in [4.69, 9.17) is 9.47 Å². The number of pyridine rings is 1. The van der Waals surface area contributed by atoms with Gasteiger partial charge in [0, 0.05) is 19.0 Å². The van der Waals surface area contributed by atoms with Gasteiger partial charge in [0.25, 0.3) is 0 Å². The number of amides is 1. The molecular formula is C17H21N3O3. The van der Waals surface area contributed by atoms with Gasteiger partial charge in [-0.3, -0.25) is 4.79 Å². The van der Waals surface area contributed by atoms with E-state index in [9.17, 15) is 4.79 Å². The van der Waals surface area contributed by atoms with Crippen LogP contribution in [0.3, 0.4) is 0 Å². The number of carbonyl (C=O) groups excluding carboxylic acids is 1. The quantitative estimate of drug-likeness (QED) is 0.937. The number of likely N-dealkylation sites (N-methyl/N-ethyl adjacent to an activating group) is 1. The number of likely N-dealkylation sites (tertiary alicyclic amines) is 1. The number of fused-ring (bicyclic) bond motifs is 1. The Morgan fingerprint density at radius 2 is 1.96 bits per heavy atom. The first-order chi connectivity index (χ1) is 11.0. The molecular weight excluding hydrogens is 294 g/mol. The van der Waals surface area contributed by atoms with Crippen molar-refractivity contribution in [2.45, 2.75) is 19.4 Å². The van der Waals surface area contributed by atoms with Crippen LogP contribution in [0.1, 0.15) is 12.0 Å². The van der Waals surface area contributed by atoms with Crippen LogP contribution in [-0.2, 0) is 4.79 Å². The highest BCUT2D eigenvalue weighted by Crippen LogP contribution is 2.35. The van der Waals surface area contributed by atoms with Crippen molar-refractivity contribution in [2.75, 3.05) is 33.1 Å². The van der Waals surface area contributed by atoms with Crippen molar-refractivity contribution < 1.29 is 14.3 Å². The van der Waals surface area contributed by atoms with E-state index in [-0.39, 0.29) is 11.9 Å². The lowest BCUT2D eigenvalue weighted by molar-refractivity contribution is -0.127. The summed E-state index contributed by atoms with van der Waals surface area (Å²) in [5.74, 6) is 2.22. The van der Waals surface area contributed by atoms with Gasteiger partial charge in [0.2, 0.25) is 5.91 Å². The highest BCUT2D eigenvalue weighted by atomic mass is 16.5. The van der Waals surface area contributed by atoms with Crippen LogP contribution >= 0.6 is 0 Å². The number of hydrogen-bond acceptors (Lipinski definition) is 5. The number of rotatable bonds is 4. The average Bonchev–Trinajstić information content (AvgIpc) is 2.86. The number of anilines is 1. The molecule has 2 heterocycles. The molecule has 0 saturated carbocycles. The highest BCUT2D eigenvalue weighted by Gasteiger charge is 2.29. The number of aromatic nitrogens is 1. The maximum absolute atomic E-state index is 12.1. The Kier molecular flexibility index (Phi) is 3.98. The molecule has 0 bridgehead atoms. The second-order valence-electron chi connectivity index (χ2n) is 5.76. The molecule has 1 aliphatic heterocycles. The molecule has 23 heavy (non-hydrogen) atoms. The molecule has 0 aliphatic carbocycles. The molecule has 1 aliphatic rings. The number of carbonyl (C=O) groups is 1. The molecule has 2 aromatic rings. The van der Waals surface area contributed by atoms with Gasteiger partial charge in [-0.1, -0.05) is 0 Å². The van der Waals surface area contributed by atoms with Gasteiger partial charge in [0.05, 0.1) is 14.2 Å². The summed E-state index contributed by atoms with van der Waals surface area (Å²) in [6.07, 6.45) is 0.781. The van der Waals surface area contributed by atoms with Crippen molar-refractivity contribution in [3.8, 4) is 11.5 Å². The van der Waals surface area contributed by atoms with Gasteiger partial charge in [-0.2, -0.15) is 0 Å².